The van der Waals surface area contributed by atoms with Gasteiger partial charge >= 0.3 is 5.97 Å². The quantitative estimate of drug-likeness (QED) is 0.812. The lowest BCUT2D eigenvalue weighted by Gasteiger charge is -2.26. The van der Waals surface area contributed by atoms with E-state index in [0.29, 0.717) is 6.54 Å². The summed E-state index contributed by atoms with van der Waals surface area (Å²) >= 11 is 0. The van der Waals surface area contributed by atoms with E-state index in [1.54, 1.807) is 0 Å². The lowest BCUT2D eigenvalue weighted by atomic mass is 10.0. The zero-order valence-corrected chi connectivity index (χ0v) is 14.2. The second kappa shape index (κ2) is 7.60. The van der Waals surface area contributed by atoms with Crippen LogP contribution in [0.1, 0.15) is 52.7 Å². The summed E-state index contributed by atoms with van der Waals surface area (Å²) in [5, 5.41) is 3.32. The van der Waals surface area contributed by atoms with Gasteiger partial charge < -0.3 is 10.1 Å². The normalized spacial score (nSPS) is 13.3. The van der Waals surface area contributed by atoms with Crippen LogP contribution in [0.5, 0.6) is 0 Å². The van der Waals surface area contributed by atoms with Crippen LogP contribution in [0, 0.1) is 5.92 Å². The van der Waals surface area contributed by atoms with Crippen LogP contribution in [0.4, 0.5) is 0 Å². The first-order valence-electron chi connectivity index (χ1n) is 7.77. The number of hydrogen-bond acceptors (Lipinski definition) is 3. The molecule has 0 heterocycles. The maximum atomic E-state index is 12.2. The minimum atomic E-state index is -0.450. The average Bonchev–Trinajstić information content (AvgIpc) is 2.37. The Hall–Kier alpha value is -1.35. The Bertz CT molecular complexity index is 443. The van der Waals surface area contributed by atoms with Gasteiger partial charge in [-0.05, 0) is 44.2 Å². The first-order valence-corrected chi connectivity index (χ1v) is 7.77. The zero-order chi connectivity index (χ0) is 16.0. The highest BCUT2D eigenvalue weighted by Gasteiger charge is 2.27. The van der Waals surface area contributed by atoms with Gasteiger partial charge in [0.15, 0.2) is 0 Å². The Morgan fingerprint density at radius 2 is 1.67 bits per heavy atom. The van der Waals surface area contributed by atoms with E-state index in [1.165, 1.54) is 11.1 Å². The lowest BCUT2D eigenvalue weighted by molar-refractivity contribution is -0.158. The molecule has 21 heavy (non-hydrogen) atoms. The van der Waals surface area contributed by atoms with Crippen LogP contribution >= 0.6 is 0 Å². The second-order valence-electron chi connectivity index (χ2n) is 6.81. The van der Waals surface area contributed by atoms with E-state index in [0.717, 1.165) is 6.42 Å². The topological polar surface area (TPSA) is 38.3 Å². The molecule has 0 aliphatic rings. The average molecular weight is 291 g/mol. The summed E-state index contributed by atoms with van der Waals surface area (Å²) in [6, 6.07) is 8.20. The first kappa shape index (κ1) is 17.7. The lowest BCUT2D eigenvalue weighted by Crippen LogP contribution is -2.44. The van der Waals surface area contributed by atoms with Crippen molar-refractivity contribution in [3.05, 3.63) is 35.4 Å². The molecule has 0 aromatic heterocycles. The molecular formula is C18H29NO2. The largest absolute Gasteiger partial charge is 0.459 e. The minimum Gasteiger partial charge on any atom is -0.459 e. The smallest absolute Gasteiger partial charge is 0.323 e. The number of carbonyl (C=O) groups excluding carboxylic acids is 1. The number of carbonyl (C=O) groups is 1. The fraction of sp³-hybridized carbons (Fsp3) is 0.611. The molecule has 0 saturated heterocycles. The third-order valence-corrected chi connectivity index (χ3v) is 3.28. The second-order valence-corrected chi connectivity index (χ2v) is 6.81. The van der Waals surface area contributed by atoms with E-state index in [2.05, 4.69) is 36.5 Å². The van der Waals surface area contributed by atoms with Gasteiger partial charge in [0.1, 0.15) is 11.6 Å². The maximum Gasteiger partial charge on any atom is 0.323 e. The van der Waals surface area contributed by atoms with E-state index in [-0.39, 0.29) is 17.9 Å². The Kier molecular flexibility index (Phi) is 6.41. The van der Waals surface area contributed by atoms with Crippen molar-refractivity contribution in [1.29, 1.82) is 0 Å². The van der Waals surface area contributed by atoms with Gasteiger partial charge in [0.05, 0.1) is 0 Å². The molecule has 3 heteroatoms. The molecule has 1 atom stereocenters. The molecule has 0 saturated carbocycles. The third-order valence-electron chi connectivity index (χ3n) is 3.28. The molecule has 0 amide bonds. The summed E-state index contributed by atoms with van der Waals surface area (Å²) in [7, 11) is 0. The highest BCUT2D eigenvalue weighted by Crippen LogP contribution is 2.13. The van der Waals surface area contributed by atoms with Gasteiger partial charge in [0.25, 0.3) is 0 Å². The van der Waals surface area contributed by atoms with Crippen LogP contribution < -0.4 is 5.32 Å². The Labute approximate surface area is 129 Å². The number of esters is 1. The van der Waals surface area contributed by atoms with Gasteiger partial charge in [-0.3, -0.25) is 4.79 Å². The summed E-state index contributed by atoms with van der Waals surface area (Å²) < 4.78 is 5.48. The van der Waals surface area contributed by atoms with E-state index in [4.69, 9.17) is 4.74 Å². The van der Waals surface area contributed by atoms with Crippen LogP contribution in [0.25, 0.3) is 0 Å². The molecule has 3 nitrogen and oxygen atoms in total. The van der Waals surface area contributed by atoms with Crippen molar-refractivity contribution in [1.82, 2.24) is 5.32 Å². The Morgan fingerprint density at radius 3 is 2.10 bits per heavy atom. The number of nitrogens with one attached hydrogen (secondary N) is 1. The molecule has 0 bridgehead atoms. The molecule has 1 aromatic carbocycles. The fourth-order valence-electron chi connectivity index (χ4n) is 2.08. The Morgan fingerprint density at radius 1 is 1.14 bits per heavy atom. The minimum absolute atomic E-state index is 0.178. The molecule has 1 N–H and O–H groups in total. The van der Waals surface area contributed by atoms with Crippen molar-refractivity contribution < 1.29 is 9.53 Å². The molecule has 0 radical (unpaired) electrons. The SMILES string of the molecule is CCc1ccc(CNC(C(=O)OC(C)(C)C)C(C)C)cc1. The van der Waals surface area contributed by atoms with Gasteiger partial charge in [-0.25, -0.2) is 0 Å². The molecule has 0 aliphatic heterocycles. The molecule has 0 fully saturated rings. The number of hydrogen-bond donors (Lipinski definition) is 1. The van der Waals surface area contributed by atoms with E-state index in [1.807, 2.05) is 34.6 Å². The van der Waals surface area contributed by atoms with Crippen LogP contribution in [0.2, 0.25) is 0 Å². The molecular weight excluding hydrogens is 262 g/mol. The van der Waals surface area contributed by atoms with E-state index in [9.17, 15) is 4.79 Å². The number of rotatable bonds is 6. The monoisotopic (exact) mass is 291 g/mol. The van der Waals surface area contributed by atoms with E-state index >= 15 is 0 Å². The van der Waals surface area contributed by atoms with Gasteiger partial charge in [-0.2, -0.15) is 0 Å². The Balaban J connectivity index is 2.64. The van der Waals surface area contributed by atoms with Crippen molar-refractivity contribution in [2.24, 2.45) is 5.92 Å². The van der Waals surface area contributed by atoms with Crippen molar-refractivity contribution in [3.63, 3.8) is 0 Å². The number of aryl methyl sites for hydroxylation is 1. The summed E-state index contributed by atoms with van der Waals surface area (Å²) in [4.78, 5) is 12.2. The zero-order valence-electron chi connectivity index (χ0n) is 14.2. The number of ether oxygens (including phenoxy) is 1. The van der Waals surface area contributed by atoms with Crippen LogP contribution in [0.15, 0.2) is 24.3 Å². The highest BCUT2D eigenvalue weighted by atomic mass is 16.6. The van der Waals surface area contributed by atoms with E-state index < -0.39 is 5.60 Å². The summed E-state index contributed by atoms with van der Waals surface area (Å²) in [6.07, 6.45) is 1.04. The summed E-state index contributed by atoms with van der Waals surface area (Å²) in [5.41, 5.74) is 2.06. The van der Waals surface area contributed by atoms with Crippen molar-refractivity contribution in [2.45, 2.75) is 66.2 Å². The van der Waals surface area contributed by atoms with Gasteiger partial charge in [-0.1, -0.05) is 45.0 Å². The predicted octanol–water partition coefficient (Wildman–Crippen LogP) is 3.70. The number of benzene rings is 1. The predicted molar refractivity (Wildman–Crippen MR) is 87.1 cm³/mol. The summed E-state index contributed by atoms with van der Waals surface area (Å²) in [5.74, 6) is 0.0115. The fourth-order valence-corrected chi connectivity index (χ4v) is 2.08. The van der Waals surface area contributed by atoms with Gasteiger partial charge in [0, 0.05) is 6.54 Å². The van der Waals surface area contributed by atoms with Crippen molar-refractivity contribution in [2.75, 3.05) is 0 Å². The third kappa shape index (κ3) is 6.30. The molecule has 0 aliphatic carbocycles. The maximum absolute atomic E-state index is 12.2. The van der Waals surface area contributed by atoms with Crippen molar-refractivity contribution >= 4 is 5.97 Å². The summed E-state index contributed by atoms with van der Waals surface area (Å²) in [6.45, 7) is 12.6. The van der Waals surface area contributed by atoms with Gasteiger partial charge in [-0.15, -0.1) is 0 Å². The molecule has 118 valence electrons. The first-order chi connectivity index (χ1) is 9.73. The molecule has 1 unspecified atom stereocenters. The van der Waals surface area contributed by atoms with Gasteiger partial charge in [0.2, 0.25) is 0 Å². The highest BCUT2D eigenvalue weighted by molar-refractivity contribution is 5.76. The van der Waals surface area contributed by atoms with Crippen molar-refractivity contribution in [3.8, 4) is 0 Å². The van der Waals surface area contributed by atoms with Crippen LogP contribution in [0.3, 0.4) is 0 Å². The molecule has 1 rings (SSSR count). The standard InChI is InChI=1S/C18H29NO2/c1-7-14-8-10-15(11-9-14)12-19-16(13(2)3)17(20)21-18(4,5)6/h8-11,13,16,19H,7,12H2,1-6H3. The molecule has 0 spiro atoms. The van der Waals surface area contributed by atoms with Crippen LogP contribution in [-0.2, 0) is 22.5 Å². The molecule has 1 aromatic rings. The van der Waals surface area contributed by atoms with Crippen LogP contribution in [-0.4, -0.2) is 17.6 Å².